The summed E-state index contributed by atoms with van der Waals surface area (Å²) in [6.07, 6.45) is 1.77. The predicted molar refractivity (Wildman–Crippen MR) is 73.1 cm³/mol. The number of nitrogens with one attached hydrogen (secondary N) is 1. The molecule has 1 amide bonds. The van der Waals surface area contributed by atoms with Crippen molar-refractivity contribution < 1.29 is 9.53 Å². The van der Waals surface area contributed by atoms with Gasteiger partial charge in [-0.1, -0.05) is 15.9 Å². The monoisotopic (exact) mass is 311 g/mol. The van der Waals surface area contributed by atoms with Crippen molar-refractivity contribution in [1.82, 2.24) is 14.9 Å². The number of aromatic nitrogens is 2. The molecule has 18 heavy (non-hydrogen) atoms. The van der Waals surface area contributed by atoms with E-state index < -0.39 is 0 Å². The Morgan fingerprint density at radius 1 is 1.56 bits per heavy atom. The molecule has 1 N–H and O–H groups in total. The largest absolute Gasteiger partial charge is 0.497 e. The number of carbonyl (C=O) groups is 1. The predicted octanol–water partition coefficient (Wildman–Crippen LogP) is 1.56. The minimum Gasteiger partial charge on any atom is -0.497 e. The summed E-state index contributed by atoms with van der Waals surface area (Å²) in [6, 6.07) is 5.74. The van der Waals surface area contributed by atoms with Gasteiger partial charge in [-0.25, -0.2) is 4.98 Å². The molecule has 0 fully saturated rings. The molecule has 0 aliphatic carbocycles. The lowest BCUT2D eigenvalue weighted by Gasteiger charge is -2.06. The van der Waals surface area contributed by atoms with Crippen LogP contribution in [-0.2, 0) is 11.3 Å². The van der Waals surface area contributed by atoms with Crippen LogP contribution in [0, 0.1) is 0 Å². The molecule has 0 unspecified atom stereocenters. The average Bonchev–Trinajstić information content (AvgIpc) is 2.81. The maximum absolute atomic E-state index is 11.1. The molecule has 0 saturated carbocycles. The van der Waals surface area contributed by atoms with E-state index in [9.17, 15) is 4.79 Å². The third-order valence-electron chi connectivity index (χ3n) is 2.62. The van der Waals surface area contributed by atoms with Gasteiger partial charge in [-0.3, -0.25) is 4.79 Å². The molecule has 2 aromatic rings. The SMILES string of the molecule is COc1ccc2ncn(CCNC(=O)CBr)c2c1. The Hall–Kier alpha value is -1.56. The zero-order chi connectivity index (χ0) is 13.0. The Bertz CT molecular complexity index is 553. The lowest BCUT2D eigenvalue weighted by molar-refractivity contribution is -0.118. The summed E-state index contributed by atoms with van der Waals surface area (Å²) in [5.74, 6) is 0.783. The third-order valence-corrected chi connectivity index (χ3v) is 3.13. The maximum Gasteiger partial charge on any atom is 0.230 e. The summed E-state index contributed by atoms with van der Waals surface area (Å²) in [5, 5.41) is 3.12. The van der Waals surface area contributed by atoms with Crippen molar-refractivity contribution in [2.45, 2.75) is 6.54 Å². The molecule has 1 heterocycles. The number of imidazole rings is 1. The highest BCUT2D eigenvalue weighted by atomic mass is 79.9. The number of nitrogens with zero attached hydrogens (tertiary/aromatic N) is 2. The molecule has 0 aliphatic rings. The molecular formula is C12H14BrN3O2. The first-order valence-electron chi connectivity index (χ1n) is 5.56. The third kappa shape index (κ3) is 2.81. The molecule has 0 aliphatic heterocycles. The fourth-order valence-electron chi connectivity index (χ4n) is 1.70. The van der Waals surface area contributed by atoms with E-state index >= 15 is 0 Å². The molecule has 5 nitrogen and oxygen atoms in total. The van der Waals surface area contributed by atoms with Gasteiger partial charge in [-0.05, 0) is 12.1 Å². The highest BCUT2D eigenvalue weighted by Gasteiger charge is 2.04. The van der Waals surface area contributed by atoms with Crippen molar-refractivity contribution in [2.75, 3.05) is 19.0 Å². The summed E-state index contributed by atoms with van der Waals surface area (Å²) in [7, 11) is 1.64. The van der Waals surface area contributed by atoms with Crippen LogP contribution < -0.4 is 10.1 Å². The summed E-state index contributed by atoms with van der Waals surface area (Å²) >= 11 is 3.10. The maximum atomic E-state index is 11.1. The molecule has 6 heteroatoms. The molecule has 0 saturated heterocycles. The fraction of sp³-hybridized carbons (Fsp3) is 0.333. The molecule has 1 aromatic heterocycles. The van der Waals surface area contributed by atoms with Crippen molar-refractivity contribution in [1.29, 1.82) is 0 Å². The van der Waals surface area contributed by atoms with E-state index in [1.54, 1.807) is 13.4 Å². The summed E-state index contributed by atoms with van der Waals surface area (Å²) in [4.78, 5) is 15.4. The van der Waals surface area contributed by atoms with Crippen molar-refractivity contribution in [3.05, 3.63) is 24.5 Å². The Kier molecular flexibility index (Phi) is 4.19. The van der Waals surface area contributed by atoms with E-state index in [0.717, 1.165) is 16.8 Å². The van der Waals surface area contributed by atoms with E-state index in [1.807, 2.05) is 22.8 Å². The Labute approximate surface area is 113 Å². The number of rotatable bonds is 5. The first-order valence-corrected chi connectivity index (χ1v) is 6.68. The van der Waals surface area contributed by atoms with Gasteiger partial charge in [0.1, 0.15) is 5.75 Å². The standard InChI is InChI=1S/C12H14BrN3O2/c1-18-9-2-3-10-11(6-9)16(8-15-10)5-4-14-12(17)7-13/h2-3,6,8H,4-5,7H2,1H3,(H,14,17). The van der Waals surface area contributed by atoms with Crippen molar-refractivity contribution in [2.24, 2.45) is 0 Å². The van der Waals surface area contributed by atoms with Crippen LogP contribution >= 0.6 is 15.9 Å². The quantitative estimate of drug-likeness (QED) is 0.853. The van der Waals surface area contributed by atoms with E-state index in [0.29, 0.717) is 18.4 Å². The molecule has 96 valence electrons. The minimum absolute atomic E-state index is 0.0167. The van der Waals surface area contributed by atoms with Crippen LogP contribution in [0.5, 0.6) is 5.75 Å². The Morgan fingerprint density at radius 3 is 3.11 bits per heavy atom. The number of alkyl halides is 1. The number of carbonyl (C=O) groups excluding carboxylic acids is 1. The van der Waals surface area contributed by atoms with Crippen LogP contribution in [0.15, 0.2) is 24.5 Å². The number of methoxy groups -OCH3 is 1. The van der Waals surface area contributed by atoms with E-state index in [-0.39, 0.29) is 5.91 Å². The number of fused-ring (bicyclic) bond motifs is 1. The van der Waals surface area contributed by atoms with Gasteiger partial charge in [0, 0.05) is 19.2 Å². The molecule has 1 aromatic carbocycles. The van der Waals surface area contributed by atoms with Gasteiger partial charge in [0.25, 0.3) is 0 Å². The van der Waals surface area contributed by atoms with Gasteiger partial charge < -0.3 is 14.6 Å². The van der Waals surface area contributed by atoms with Gasteiger partial charge >= 0.3 is 0 Å². The van der Waals surface area contributed by atoms with Gasteiger partial charge in [0.2, 0.25) is 5.91 Å². The van der Waals surface area contributed by atoms with Gasteiger partial charge in [-0.2, -0.15) is 0 Å². The second kappa shape index (κ2) is 5.86. The summed E-state index contributed by atoms with van der Waals surface area (Å²) < 4.78 is 7.18. The highest BCUT2D eigenvalue weighted by Crippen LogP contribution is 2.19. The molecule has 2 rings (SSSR count). The second-order valence-electron chi connectivity index (χ2n) is 3.78. The normalized spacial score (nSPS) is 10.6. The fourth-order valence-corrected chi connectivity index (χ4v) is 1.90. The van der Waals surface area contributed by atoms with Crippen molar-refractivity contribution in [3.8, 4) is 5.75 Å². The van der Waals surface area contributed by atoms with Gasteiger partial charge in [0.15, 0.2) is 0 Å². The van der Waals surface area contributed by atoms with Crippen LogP contribution in [0.1, 0.15) is 0 Å². The number of benzene rings is 1. The number of halogens is 1. The van der Waals surface area contributed by atoms with Gasteiger partial charge in [0.05, 0.1) is 29.8 Å². The zero-order valence-corrected chi connectivity index (χ0v) is 11.6. The number of hydrogen-bond acceptors (Lipinski definition) is 3. The zero-order valence-electron chi connectivity index (χ0n) is 10.0. The minimum atomic E-state index is -0.0167. The van der Waals surface area contributed by atoms with E-state index in [4.69, 9.17) is 4.74 Å². The topological polar surface area (TPSA) is 56.1 Å². The van der Waals surface area contributed by atoms with Crippen LogP contribution in [0.25, 0.3) is 11.0 Å². The average molecular weight is 312 g/mol. The summed E-state index contributed by atoms with van der Waals surface area (Å²) in [6.45, 7) is 1.26. The number of ether oxygens (including phenoxy) is 1. The number of amides is 1. The van der Waals surface area contributed by atoms with Crippen LogP contribution in [-0.4, -0.2) is 34.4 Å². The number of hydrogen-bond donors (Lipinski definition) is 1. The molecule has 0 bridgehead atoms. The summed E-state index contributed by atoms with van der Waals surface area (Å²) in [5.41, 5.74) is 1.92. The van der Waals surface area contributed by atoms with Crippen molar-refractivity contribution in [3.63, 3.8) is 0 Å². The molecule has 0 radical (unpaired) electrons. The van der Waals surface area contributed by atoms with Crippen molar-refractivity contribution >= 4 is 32.9 Å². The Morgan fingerprint density at radius 2 is 2.39 bits per heavy atom. The lowest BCUT2D eigenvalue weighted by atomic mass is 10.3. The van der Waals surface area contributed by atoms with Crippen LogP contribution in [0.4, 0.5) is 0 Å². The smallest absolute Gasteiger partial charge is 0.230 e. The van der Waals surface area contributed by atoms with E-state index in [1.165, 1.54) is 0 Å². The first-order chi connectivity index (χ1) is 8.74. The molecule has 0 atom stereocenters. The van der Waals surface area contributed by atoms with E-state index in [2.05, 4.69) is 26.2 Å². The molecular weight excluding hydrogens is 298 g/mol. The highest BCUT2D eigenvalue weighted by molar-refractivity contribution is 9.09. The second-order valence-corrected chi connectivity index (χ2v) is 4.34. The first kappa shape index (κ1) is 12.9. The van der Waals surface area contributed by atoms with Crippen LogP contribution in [0.2, 0.25) is 0 Å². The Balaban J connectivity index is 2.10. The van der Waals surface area contributed by atoms with Crippen LogP contribution in [0.3, 0.4) is 0 Å². The van der Waals surface area contributed by atoms with Gasteiger partial charge in [-0.15, -0.1) is 0 Å². The molecule has 0 spiro atoms. The lowest BCUT2D eigenvalue weighted by Crippen LogP contribution is -2.27.